The Balaban J connectivity index is 1.86. The molecule has 1 atom stereocenters. The molecule has 0 bridgehead atoms. The maximum Gasteiger partial charge on any atom is 0.125 e. The quantitative estimate of drug-likeness (QED) is 0.884. The van der Waals surface area contributed by atoms with Crippen molar-refractivity contribution in [2.45, 2.75) is 45.6 Å². The lowest BCUT2D eigenvalue weighted by atomic mass is 10.0. The van der Waals surface area contributed by atoms with E-state index in [1.807, 2.05) is 6.07 Å². The molecule has 3 nitrogen and oxygen atoms in total. The Labute approximate surface area is 116 Å². The van der Waals surface area contributed by atoms with Gasteiger partial charge in [-0.2, -0.15) is 0 Å². The maximum absolute atomic E-state index is 5.87. The van der Waals surface area contributed by atoms with Crippen molar-refractivity contribution >= 4 is 0 Å². The zero-order chi connectivity index (χ0) is 13.7. The normalized spacial score (nSPS) is 19.2. The van der Waals surface area contributed by atoms with E-state index < -0.39 is 0 Å². The number of nitrogens with one attached hydrogen (secondary N) is 1. The number of benzene rings is 1. The van der Waals surface area contributed by atoms with Crippen LogP contribution < -0.4 is 14.8 Å². The molecule has 1 aliphatic rings. The molecular weight excluding hydrogens is 238 g/mol. The average molecular weight is 263 g/mol. The number of rotatable bonds is 5. The Bertz CT molecular complexity index is 411. The predicted octanol–water partition coefficient (Wildman–Crippen LogP) is 3.22. The number of hydrogen-bond acceptors (Lipinski definition) is 3. The van der Waals surface area contributed by atoms with Crippen molar-refractivity contribution < 1.29 is 9.47 Å². The van der Waals surface area contributed by atoms with Gasteiger partial charge < -0.3 is 14.8 Å². The Kier molecular flexibility index (Phi) is 5.08. The summed E-state index contributed by atoms with van der Waals surface area (Å²) in [4.78, 5) is 0. The topological polar surface area (TPSA) is 30.5 Å². The Hall–Kier alpha value is -1.22. The summed E-state index contributed by atoms with van der Waals surface area (Å²) in [6.45, 7) is 6.09. The van der Waals surface area contributed by atoms with Crippen LogP contribution in [0.3, 0.4) is 0 Å². The van der Waals surface area contributed by atoms with E-state index >= 15 is 0 Å². The summed E-state index contributed by atoms with van der Waals surface area (Å²) >= 11 is 0. The number of methoxy groups -OCH3 is 1. The highest BCUT2D eigenvalue weighted by molar-refractivity contribution is 5.45. The Morgan fingerprint density at radius 1 is 1.26 bits per heavy atom. The number of hydrogen-bond donors (Lipinski definition) is 1. The molecular formula is C16H25NO2. The van der Waals surface area contributed by atoms with Gasteiger partial charge in [-0.05, 0) is 56.8 Å². The van der Waals surface area contributed by atoms with Gasteiger partial charge in [-0.1, -0.05) is 6.42 Å². The maximum atomic E-state index is 5.87. The molecule has 1 unspecified atom stereocenters. The first-order valence-electron chi connectivity index (χ1n) is 7.22. The summed E-state index contributed by atoms with van der Waals surface area (Å²) in [6.07, 6.45) is 5.01. The van der Waals surface area contributed by atoms with Gasteiger partial charge >= 0.3 is 0 Å². The Morgan fingerprint density at radius 2 is 2.11 bits per heavy atom. The Morgan fingerprint density at radius 3 is 2.79 bits per heavy atom. The van der Waals surface area contributed by atoms with Crippen molar-refractivity contribution in [1.29, 1.82) is 0 Å². The second-order valence-electron chi connectivity index (χ2n) is 5.35. The molecule has 1 fully saturated rings. The number of ether oxygens (including phenoxy) is 2. The summed E-state index contributed by atoms with van der Waals surface area (Å²) in [5.41, 5.74) is 2.40. The lowest BCUT2D eigenvalue weighted by Crippen LogP contribution is -2.35. The molecule has 1 aromatic rings. The average Bonchev–Trinajstić information content (AvgIpc) is 2.43. The van der Waals surface area contributed by atoms with Crippen LogP contribution >= 0.6 is 0 Å². The zero-order valence-electron chi connectivity index (χ0n) is 12.3. The molecule has 106 valence electrons. The van der Waals surface area contributed by atoms with E-state index in [-0.39, 0.29) is 0 Å². The summed E-state index contributed by atoms with van der Waals surface area (Å²) < 4.78 is 11.2. The van der Waals surface area contributed by atoms with Crippen LogP contribution in [0.1, 0.15) is 36.8 Å². The van der Waals surface area contributed by atoms with Crippen molar-refractivity contribution in [1.82, 2.24) is 5.32 Å². The van der Waals surface area contributed by atoms with Gasteiger partial charge in [0.2, 0.25) is 0 Å². The van der Waals surface area contributed by atoms with E-state index in [0.29, 0.717) is 6.04 Å². The van der Waals surface area contributed by atoms with E-state index in [1.165, 1.54) is 30.4 Å². The molecule has 1 heterocycles. The lowest BCUT2D eigenvalue weighted by Gasteiger charge is -2.23. The standard InChI is InChI=1S/C16H25NO2/c1-12-10-15(11-16(18-3)13(12)2)19-9-7-14-6-4-5-8-17-14/h10-11,14,17H,4-9H2,1-3H3. The van der Waals surface area contributed by atoms with Crippen LogP contribution in [-0.2, 0) is 0 Å². The van der Waals surface area contributed by atoms with Crippen molar-refractivity contribution in [3.8, 4) is 11.5 Å². The zero-order valence-corrected chi connectivity index (χ0v) is 12.3. The predicted molar refractivity (Wildman–Crippen MR) is 78.2 cm³/mol. The fourth-order valence-electron chi connectivity index (χ4n) is 2.58. The highest BCUT2D eigenvalue weighted by Gasteiger charge is 2.12. The van der Waals surface area contributed by atoms with Crippen LogP contribution in [0.2, 0.25) is 0 Å². The first-order chi connectivity index (χ1) is 9.20. The molecule has 1 aliphatic heterocycles. The highest BCUT2D eigenvalue weighted by Crippen LogP contribution is 2.27. The largest absolute Gasteiger partial charge is 0.496 e. The second-order valence-corrected chi connectivity index (χ2v) is 5.35. The summed E-state index contributed by atoms with van der Waals surface area (Å²) in [5.74, 6) is 1.82. The van der Waals surface area contributed by atoms with Crippen molar-refractivity contribution in [3.05, 3.63) is 23.3 Å². The van der Waals surface area contributed by atoms with Crippen LogP contribution in [0.4, 0.5) is 0 Å². The van der Waals surface area contributed by atoms with Crippen LogP contribution in [0.5, 0.6) is 11.5 Å². The third-order valence-electron chi connectivity index (χ3n) is 3.96. The third kappa shape index (κ3) is 3.87. The third-order valence-corrected chi connectivity index (χ3v) is 3.96. The minimum absolute atomic E-state index is 0.627. The molecule has 0 aromatic heterocycles. The summed E-state index contributed by atoms with van der Waals surface area (Å²) in [6, 6.07) is 4.70. The van der Waals surface area contributed by atoms with E-state index in [0.717, 1.165) is 31.1 Å². The van der Waals surface area contributed by atoms with Gasteiger partial charge in [0.15, 0.2) is 0 Å². The summed E-state index contributed by atoms with van der Waals surface area (Å²) in [5, 5.41) is 3.54. The lowest BCUT2D eigenvalue weighted by molar-refractivity contribution is 0.267. The van der Waals surface area contributed by atoms with Gasteiger partial charge in [-0.3, -0.25) is 0 Å². The monoisotopic (exact) mass is 263 g/mol. The van der Waals surface area contributed by atoms with Gasteiger partial charge in [0.05, 0.1) is 13.7 Å². The van der Waals surface area contributed by atoms with E-state index in [2.05, 4.69) is 25.2 Å². The minimum atomic E-state index is 0.627. The molecule has 3 heteroatoms. The van der Waals surface area contributed by atoms with Crippen molar-refractivity contribution in [2.24, 2.45) is 0 Å². The molecule has 0 spiro atoms. The fraction of sp³-hybridized carbons (Fsp3) is 0.625. The summed E-state index contributed by atoms with van der Waals surface area (Å²) in [7, 11) is 1.71. The molecule has 0 amide bonds. The van der Waals surface area contributed by atoms with Crippen molar-refractivity contribution in [2.75, 3.05) is 20.3 Å². The fourth-order valence-corrected chi connectivity index (χ4v) is 2.58. The van der Waals surface area contributed by atoms with Gasteiger partial charge in [0, 0.05) is 12.1 Å². The molecule has 1 saturated heterocycles. The van der Waals surface area contributed by atoms with E-state index in [4.69, 9.17) is 9.47 Å². The highest BCUT2D eigenvalue weighted by atomic mass is 16.5. The van der Waals surface area contributed by atoms with Crippen LogP contribution in [0, 0.1) is 13.8 Å². The molecule has 2 rings (SSSR count). The SMILES string of the molecule is COc1cc(OCCC2CCCCN2)cc(C)c1C. The van der Waals surface area contributed by atoms with Gasteiger partial charge in [-0.25, -0.2) is 0 Å². The first kappa shape index (κ1) is 14.2. The van der Waals surface area contributed by atoms with Crippen LogP contribution in [0.15, 0.2) is 12.1 Å². The first-order valence-corrected chi connectivity index (χ1v) is 7.22. The van der Waals surface area contributed by atoms with Gasteiger partial charge in [0.1, 0.15) is 11.5 Å². The smallest absolute Gasteiger partial charge is 0.125 e. The minimum Gasteiger partial charge on any atom is -0.496 e. The van der Waals surface area contributed by atoms with Crippen molar-refractivity contribution in [3.63, 3.8) is 0 Å². The molecule has 0 radical (unpaired) electrons. The van der Waals surface area contributed by atoms with E-state index in [9.17, 15) is 0 Å². The molecule has 1 aromatic carbocycles. The molecule has 0 aliphatic carbocycles. The van der Waals surface area contributed by atoms with Gasteiger partial charge in [0.25, 0.3) is 0 Å². The molecule has 0 saturated carbocycles. The molecule has 19 heavy (non-hydrogen) atoms. The number of aryl methyl sites for hydroxylation is 1. The second kappa shape index (κ2) is 6.80. The van der Waals surface area contributed by atoms with E-state index in [1.54, 1.807) is 7.11 Å². The van der Waals surface area contributed by atoms with Crippen LogP contribution in [-0.4, -0.2) is 26.3 Å². The van der Waals surface area contributed by atoms with Crippen LogP contribution in [0.25, 0.3) is 0 Å². The molecule has 1 N–H and O–H groups in total. The number of piperidine rings is 1. The van der Waals surface area contributed by atoms with Gasteiger partial charge in [-0.15, -0.1) is 0 Å².